The van der Waals surface area contributed by atoms with E-state index in [4.69, 9.17) is 5.73 Å². The maximum atomic E-state index is 6.00. The van der Waals surface area contributed by atoms with Crippen LogP contribution >= 0.6 is 0 Å². The van der Waals surface area contributed by atoms with E-state index < -0.39 is 0 Å². The largest absolute Gasteiger partial charge is 0.398 e. The Labute approximate surface area is 107 Å². The van der Waals surface area contributed by atoms with Gasteiger partial charge in [-0.2, -0.15) is 0 Å². The summed E-state index contributed by atoms with van der Waals surface area (Å²) in [5.41, 5.74) is 8.78. The monoisotopic (exact) mass is 245 g/mol. The zero-order valence-electron chi connectivity index (χ0n) is 10.9. The predicted octanol–water partition coefficient (Wildman–Crippen LogP) is 2.42. The minimum atomic E-state index is 0.715. The smallest absolute Gasteiger partial charge is 0.184 e. The van der Waals surface area contributed by atoms with Gasteiger partial charge in [0.2, 0.25) is 0 Å². The zero-order valence-corrected chi connectivity index (χ0v) is 10.9. The minimum absolute atomic E-state index is 0.715. The zero-order chi connectivity index (χ0) is 13.0. The van der Waals surface area contributed by atoms with Crippen molar-refractivity contribution in [2.24, 2.45) is 0 Å². The van der Waals surface area contributed by atoms with Crippen molar-refractivity contribution in [3.63, 3.8) is 0 Å². The van der Waals surface area contributed by atoms with Gasteiger partial charge in [0.05, 0.1) is 0 Å². The molecule has 0 aliphatic carbocycles. The number of anilines is 1. The lowest BCUT2D eigenvalue weighted by Gasteiger charge is -2.07. The van der Waals surface area contributed by atoms with E-state index in [0.29, 0.717) is 5.69 Å². The van der Waals surface area contributed by atoms with Crippen molar-refractivity contribution in [2.75, 3.05) is 5.73 Å². The first-order valence-electron chi connectivity index (χ1n) is 6.35. The number of tetrazole rings is 1. The number of nitrogens with two attached hydrogens (primary N) is 1. The van der Waals surface area contributed by atoms with E-state index in [1.165, 1.54) is 12.8 Å². The predicted molar refractivity (Wildman–Crippen MR) is 71.9 cm³/mol. The molecule has 5 heteroatoms. The van der Waals surface area contributed by atoms with Crippen molar-refractivity contribution in [1.29, 1.82) is 0 Å². The van der Waals surface area contributed by atoms with Gasteiger partial charge in [0.1, 0.15) is 0 Å². The van der Waals surface area contributed by atoms with Gasteiger partial charge >= 0.3 is 0 Å². The van der Waals surface area contributed by atoms with Gasteiger partial charge in [0.25, 0.3) is 0 Å². The Morgan fingerprint density at radius 3 is 2.89 bits per heavy atom. The third-order valence-corrected chi connectivity index (χ3v) is 2.96. The summed E-state index contributed by atoms with van der Waals surface area (Å²) in [6.45, 7) is 5.05. The van der Waals surface area contributed by atoms with E-state index in [0.717, 1.165) is 29.9 Å². The van der Waals surface area contributed by atoms with Gasteiger partial charge < -0.3 is 5.73 Å². The molecule has 0 radical (unpaired) electrons. The quantitative estimate of drug-likeness (QED) is 0.648. The van der Waals surface area contributed by atoms with E-state index in [9.17, 15) is 0 Å². The molecule has 0 unspecified atom stereocenters. The number of hydrogen-bond donors (Lipinski definition) is 1. The number of rotatable bonds is 5. The summed E-state index contributed by atoms with van der Waals surface area (Å²) in [6.07, 6.45) is 3.45. The molecule has 2 N–H and O–H groups in total. The van der Waals surface area contributed by atoms with Gasteiger partial charge in [0, 0.05) is 17.8 Å². The van der Waals surface area contributed by atoms with Gasteiger partial charge in [-0.1, -0.05) is 31.4 Å². The second-order valence-corrected chi connectivity index (χ2v) is 4.52. The molecule has 0 bridgehead atoms. The summed E-state index contributed by atoms with van der Waals surface area (Å²) in [5, 5.41) is 11.9. The molecule has 0 aliphatic rings. The standard InChI is InChI=1S/C13H19N5/c1-3-4-5-8-18-13(15-16-17-18)11-9-10(2)6-7-12(11)14/h6-7,9H,3-5,8,14H2,1-2H3. The normalized spacial score (nSPS) is 10.8. The third-order valence-electron chi connectivity index (χ3n) is 2.96. The molecule has 1 aromatic carbocycles. The van der Waals surface area contributed by atoms with Crippen LogP contribution in [0.2, 0.25) is 0 Å². The fourth-order valence-corrected chi connectivity index (χ4v) is 1.92. The first kappa shape index (κ1) is 12.5. The maximum Gasteiger partial charge on any atom is 0.184 e. The summed E-state index contributed by atoms with van der Waals surface area (Å²) in [4.78, 5) is 0. The molecule has 2 rings (SSSR count). The molecule has 96 valence electrons. The number of nitrogens with zero attached hydrogens (tertiary/aromatic N) is 4. The molecule has 1 aromatic heterocycles. The van der Waals surface area contributed by atoms with Crippen LogP contribution in [0.5, 0.6) is 0 Å². The topological polar surface area (TPSA) is 69.6 Å². The molecule has 0 fully saturated rings. The molecule has 0 amide bonds. The van der Waals surface area contributed by atoms with Gasteiger partial charge in [-0.3, -0.25) is 0 Å². The second kappa shape index (κ2) is 5.62. The number of unbranched alkanes of at least 4 members (excludes halogenated alkanes) is 2. The van der Waals surface area contributed by atoms with Gasteiger partial charge in [0.15, 0.2) is 5.82 Å². The van der Waals surface area contributed by atoms with E-state index in [2.05, 4.69) is 22.4 Å². The highest BCUT2D eigenvalue weighted by Gasteiger charge is 2.11. The highest BCUT2D eigenvalue weighted by molar-refractivity contribution is 5.71. The van der Waals surface area contributed by atoms with Crippen LogP contribution < -0.4 is 5.73 Å². The summed E-state index contributed by atoms with van der Waals surface area (Å²) >= 11 is 0. The lowest BCUT2D eigenvalue weighted by atomic mass is 10.1. The fraction of sp³-hybridized carbons (Fsp3) is 0.462. The van der Waals surface area contributed by atoms with Crippen LogP contribution in [0.25, 0.3) is 11.4 Å². The maximum absolute atomic E-state index is 6.00. The van der Waals surface area contributed by atoms with Crippen molar-refractivity contribution in [2.45, 2.75) is 39.7 Å². The number of aromatic nitrogens is 4. The second-order valence-electron chi connectivity index (χ2n) is 4.52. The Morgan fingerprint density at radius 1 is 1.28 bits per heavy atom. The van der Waals surface area contributed by atoms with E-state index in [1.807, 2.05) is 29.8 Å². The Morgan fingerprint density at radius 2 is 2.11 bits per heavy atom. The molecule has 0 saturated heterocycles. The van der Waals surface area contributed by atoms with Crippen molar-refractivity contribution < 1.29 is 0 Å². The molecule has 0 aliphatic heterocycles. The van der Waals surface area contributed by atoms with Crippen LogP contribution in [-0.4, -0.2) is 20.2 Å². The minimum Gasteiger partial charge on any atom is -0.398 e. The number of hydrogen-bond acceptors (Lipinski definition) is 4. The molecule has 2 aromatic rings. The first-order chi connectivity index (χ1) is 8.72. The third kappa shape index (κ3) is 2.67. The van der Waals surface area contributed by atoms with Crippen LogP contribution in [0.15, 0.2) is 18.2 Å². The van der Waals surface area contributed by atoms with E-state index >= 15 is 0 Å². The lowest BCUT2D eigenvalue weighted by Crippen LogP contribution is -2.04. The summed E-state index contributed by atoms with van der Waals surface area (Å²) in [6, 6.07) is 5.91. The van der Waals surface area contributed by atoms with Crippen molar-refractivity contribution in [3.05, 3.63) is 23.8 Å². The molecular formula is C13H19N5. The van der Waals surface area contributed by atoms with Gasteiger partial charge in [-0.15, -0.1) is 5.10 Å². The highest BCUT2D eigenvalue weighted by atomic mass is 15.5. The van der Waals surface area contributed by atoms with E-state index in [1.54, 1.807) is 0 Å². The van der Waals surface area contributed by atoms with Crippen LogP contribution in [0.3, 0.4) is 0 Å². The van der Waals surface area contributed by atoms with Crippen molar-refractivity contribution in [1.82, 2.24) is 20.2 Å². The average molecular weight is 245 g/mol. The molecular weight excluding hydrogens is 226 g/mol. The lowest BCUT2D eigenvalue weighted by molar-refractivity contribution is 0.541. The Kier molecular flexibility index (Phi) is 3.92. The molecule has 0 saturated carbocycles. The van der Waals surface area contributed by atoms with Gasteiger partial charge in [-0.25, -0.2) is 4.68 Å². The Hall–Kier alpha value is -1.91. The van der Waals surface area contributed by atoms with Crippen molar-refractivity contribution >= 4 is 5.69 Å². The number of nitrogen functional groups attached to an aromatic ring is 1. The van der Waals surface area contributed by atoms with Crippen LogP contribution in [-0.2, 0) is 6.54 Å². The number of benzene rings is 1. The first-order valence-corrected chi connectivity index (χ1v) is 6.35. The average Bonchev–Trinajstić information content (AvgIpc) is 2.81. The Balaban J connectivity index is 2.27. The molecule has 18 heavy (non-hydrogen) atoms. The summed E-state index contributed by atoms with van der Waals surface area (Å²) < 4.78 is 1.83. The summed E-state index contributed by atoms with van der Waals surface area (Å²) in [7, 11) is 0. The SMILES string of the molecule is CCCCCn1nnnc1-c1cc(C)ccc1N. The Bertz CT molecular complexity index is 518. The molecule has 1 heterocycles. The molecule has 5 nitrogen and oxygen atoms in total. The van der Waals surface area contributed by atoms with Crippen LogP contribution in [0, 0.1) is 6.92 Å². The van der Waals surface area contributed by atoms with E-state index in [-0.39, 0.29) is 0 Å². The number of aryl methyl sites for hydroxylation is 2. The van der Waals surface area contributed by atoms with Crippen molar-refractivity contribution in [3.8, 4) is 11.4 Å². The van der Waals surface area contributed by atoms with Crippen LogP contribution in [0.4, 0.5) is 5.69 Å². The highest BCUT2D eigenvalue weighted by Crippen LogP contribution is 2.24. The molecule has 0 spiro atoms. The fourth-order valence-electron chi connectivity index (χ4n) is 1.92. The summed E-state index contributed by atoms with van der Waals surface area (Å²) in [5.74, 6) is 0.757. The van der Waals surface area contributed by atoms with Gasteiger partial charge in [-0.05, 0) is 35.9 Å². The van der Waals surface area contributed by atoms with Crippen LogP contribution in [0.1, 0.15) is 31.7 Å². The molecule has 0 atom stereocenters.